The maximum atomic E-state index is 13.3. The van der Waals surface area contributed by atoms with E-state index in [1.807, 2.05) is 25.1 Å². The van der Waals surface area contributed by atoms with Crippen LogP contribution in [0.1, 0.15) is 36.3 Å². The quantitative estimate of drug-likeness (QED) is 0.737. The molecule has 1 aliphatic rings. The smallest absolute Gasteiger partial charge is 0.171 e. The maximum Gasteiger partial charge on any atom is 0.171 e. The van der Waals surface area contributed by atoms with E-state index in [0.717, 1.165) is 41.9 Å². The minimum Gasteiger partial charge on any atom is -0.496 e. The molecule has 28 heavy (non-hydrogen) atoms. The Kier molecular flexibility index (Phi) is 6.24. The van der Waals surface area contributed by atoms with Crippen LogP contribution < -0.4 is 15.4 Å². The van der Waals surface area contributed by atoms with Gasteiger partial charge in [-0.3, -0.25) is 4.79 Å². The van der Waals surface area contributed by atoms with Crippen LogP contribution in [0.3, 0.4) is 0 Å². The summed E-state index contributed by atoms with van der Waals surface area (Å²) in [6, 6.07) is 8.82. The molecule has 0 saturated heterocycles. The van der Waals surface area contributed by atoms with E-state index in [1.54, 1.807) is 7.11 Å². The predicted molar refractivity (Wildman–Crippen MR) is 109 cm³/mol. The van der Waals surface area contributed by atoms with Gasteiger partial charge in [-0.15, -0.1) is 0 Å². The average molecular weight is 404 g/mol. The van der Waals surface area contributed by atoms with Gasteiger partial charge in [0.15, 0.2) is 22.5 Å². The van der Waals surface area contributed by atoms with Crippen LogP contribution in [0, 0.1) is 18.6 Å². The summed E-state index contributed by atoms with van der Waals surface area (Å²) in [4.78, 5) is 13.0. The van der Waals surface area contributed by atoms with Crippen LogP contribution in [-0.2, 0) is 4.79 Å². The number of methoxy groups -OCH3 is 1. The molecule has 0 spiro atoms. The Morgan fingerprint density at radius 3 is 2.64 bits per heavy atom. The molecule has 148 valence electrons. The first kappa shape index (κ1) is 20.2. The molecule has 2 unspecified atom stereocenters. The van der Waals surface area contributed by atoms with Crippen molar-refractivity contribution in [1.29, 1.82) is 0 Å². The second kappa shape index (κ2) is 8.65. The number of anilines is 1. The molecule has 2 atom stereocenters. The minimum atomic E-state index is -0.963. The van der Waals surface area contributed by atoms with E-state index in [0.29, 0.717) is 12.1 Å². The van der Waals surface area contributed by atoms with Crippen LogP contribution in [0.15, 0.2) is 36.4 Å². The number of ether oxygens (including phenoxy) is 1. The number of thiocarbonyl (C=S) groups is 1. The first-order chi connectivity index (χ1) is 13.4. The normalized spacial score (nSPS) is 19.2. The van der Waals surface area contributed by atoms with Crippen LogP contribution in [0.2, 0.25) is 0 Å². The molecule has 7 heteroatoms. The van der Waals surface area contributed by atoms with Gasteiger partial charge in [0, 0.05) is 17.7 Å². The van der Waals surface area contributed by atoms with E-state index < -0.39 is 17.7 Å². The van der Waals surface area contributed by atoms with Gasteiger partial charge in [0.2, 0.25) is 0 Å². The molecule has 0 amide bonds. The molecule has 0 heterocycles. The zero-order chi connectivity index (χ0) is 20.3. The number of halogens is 2. The summed E-state index contributed by atoms with van der Waals surface area (Å²) in [5.41, 5.74) is 2.26. The Morgan fingerprint density at radius 2 is 1.93 bits per heavy atom. The first-order valence-electron chi connectivity index (χ1n) is 9.10. The summed E-state index contributed by atoms with van der Waals surface area (Å²) >= 11 is 5.25. The van der Waals surface area contributed by atoms with Crippen LogP contribution in [0.4, 0.5) is 14.5 Å². The van der Waals surface area contributed by atoms with Crippen LogP contribution in [0.25, 0.3) is 0 Å². The van der Waals surface area contributed by atoms with E-state index >= 15 is 0 Å². The molecule has 2 aromatic rings. The van der Waals surface area contributed by atoms with Gasteiger partial charge in [0.1, 0.15) is 5.75 Å². The molecule has 0 aromatic heterocycles. The second-order valence-electron chi connectivity index (χ2n) is 6.89. The molecule has 0 aliphatic heterocycles. The Balaban J connectivity index is 1.68. The lowest BCUT2D eigenvalue weighted by molar-refractivity contribution is -0.123. The summed E-state index contributed by atoms with van der Waals surface area (Å²) in [7, 11) is 1.61. The molecule has 1 aliphatic carbocycles. The standard InChI is InChI=1S/C21H22F2N2O2S/c1-12-6-7-13(10-19(12)27-2)15-4-3-5-18(20(15)26)25-21(28)24-14-8-9-16(22)17(23)11-14/h6-11,15,18H,3-5H2,1-2H3,(H2,24,25,28). The summed E-state index contributed by atoms with van der Waals surface area (Å²) in [5, 5.41) is 6.01. The van der Waals surface area contributed by atoms with E-state index in [1.165, 1.54) is 6.07 Å². The highest BCUT2D eigenvalue weighted by Gasteiger charge is 2.33. The second-order valence-corrected chi connectivity index (χ2v) is 7.30. The monoisotopic (exact) mass is 404 g/mol. The van der Waals surface area contributed by atoms with Gasteiger partial charge in [-0.1, -0.05) is 12.1 Å². The third-order valence-corrected chi connectivity index (χ3v) is 5.21. The van der Waals surface area contributed by atoms with Crippen molar-refractivity contribution < 1.29 is 18.3 Å². The highest BCUT2D eigenvalue weighted by atomic mass is 32.1. The van der Waals surface area contributed by atoms with Gasteiger partial charge < -0.3 is 15.4 Å². The zero-order valence-corrected chi connectivity index (χ0v) is 16.5. The summed E-state index contributed by atoms with van der Waals surface area (Å²) < 4.78 is 31.7. The maximum absolute atomic E-state index is 13.3. The van der Waals surface area contributed by atoms with Crippen LogP contribution in [-0.4, -0.2) is 24.0 Å². The van der Waals surface area contributed by atoms with Crippen molar-refractivity contribution in [3.05, 3.63) is 59.2 Å². The number of ketones is 1. The minimum absolute atomic E-state index is 0.0617. The number of carbonyl (C=O) groups is 1. The summed E-state index contributed by atoms with van der Waals surface area (Å²) in [6.07, 6.45) is 2.31. The number of rotatable bonds is 4. The molecule has 1 saturated carbocycles. The van der Waals surface area contributed by atoms with Gasteiger partial charge in [-0.2, -0.15) is 0 Å². The Hall–Kier alpha value is -2.54. The fraction of sp³-hybridized carbons (Fsp3) is 0.333. The number of benzene rings is 2. The van der Waals surface area contributed by atoms with Gasteiger partial charge >= 0.3 is 0 Å². The zero-order valence-electron chi connectivity index (χ0n) is 15.7. The highest BCUT2D eigenvalue weighted by Crippen LogP contribution is 2.33. The fourth-order valence-electron chi connectivity index (χ4n) is 3.48. The Morgan fingerprint density at radius 1 is 1.14 bits per heavy atom. The lowest BCUT2D eigenvalue weighted by Crippen LogP contribution is -2.46. The largest absolute Gasteiger partial charge is 0.496 e. The van der Waals surface area contributed by atoms with E-state index in [9.17, 15) is 13.6 Å². The number of Topliss-reactive ketones (excluding diaryl/α,β-unsaturated/α-hetero) is 1. The Labute approximate surface area is 168 Å². The fourth-order valence-corrected chi connectivity index (χ4v) is 3.74. The summed E-state index contributed by atoms with van der Waals surface area (Å²) in [5.74, 6) is -1.30. The van der Waals surface area contributed by atoms with E-state index in [4.69, 9.17) is 17.0 Å². The molecular formula is C21H22F2N2O2S. The lowest BCUT2D eigenvalue weighted by Gasteiger charge is -2.30. The molecule has 0 radical (unpaired) electrons. The lowest BCUT2D eigenvalue weighted by atomic mass is 9.80. The van der Waals surface area contributed by atoms with Crippen molar-refractivity contribution >= 4 is 28.8 Å². The number of hydrogen-bond donors (Lipinski definition) is 2. The van der Waals surface area contributed by atoms with E-state index in [-0.39, 0.29) is 16.8 Å². The number of hydrogen-bond acceptors (Lipinski definition) is 3. The Bertz CT molecular complexity index is 904. The van der Waals surface area contributed by atoms with Crippen molar-refractivity contribution in [3.8, 4) is 5.75 Å². The van der Waals surface area contributed by atoms with Gasteiger partial charge in [-0.05, 0) is 67.7 Å². The number of nitrogens with one attached hydrogen (secondary N) is 2. The van der Waals surface area contributed by atoms with Crippen LogP contribution in [0.5, 0.6) is 5.75 Å². The topological polar surface area (TPSA) is 50.4 Å². The molecule has 4 nitrogen and oxygen atoms in total. The average Bonchev–Trinajstić information content (AvgIpc) is 2.67. The van der Waals surface area contributed by atoms with Crippen molar-refractivity contribution in [2.45, 2.75) is 38.1 Å². The van der Waals surface area contributed by atoms with Crippen molar-refractivity contribution in [1.82, 2.24) is 5.32 Å². The molecule has 3 rings (SSSR count). The molecule has 2 N–H and O–H groups in total. The third kappa shape index (κ3) is 4.47. The predicted octanol–water partition coefficient (Wildman–Crippen LogP) is 4.47. The molecule has 1 fully saturated rings. The highest BCUT2D eigenvalue weighted by molar-refractivity contribution is 7.80. The molecular weight excluding hydrogens is 382 g/mol. The number of carbonyl (C=O) groups excluding carboxylic acids is 1. The SMILES string of the molecule is COc1cc(C2CCCC(NC(=S)Nc3ccc(F)c(F)c3)C2=O)ccc1C. The van der Waals surface area contributed by atoms with E-state index in [2.05, 4.69) is 10.6 Å². The molecule has 2 aromatic carbocycles. The first-order valence-corrected chi connectivity index (χ1v) is 9.50. The number of aryl methyl sites for hydroxylation is 1. The van der Waals surface area contributed by atoms with Crippen molar-refractivity contribution in [2.75, 3.05) is 12.4 Å². The van der Waals surface area contributed by atoms with Gasteiger partial charge in [-0.25, -0.2) is 8.78 Å². The van der Waals surface area contributed by atoms with Gasteiger partial charge in [0.25, 0.3) is 0 Å². The van der Waals surface area contributed by atoms with Gasteiger partial charge in [0.05, 0.1) is 13.2 Å². The van der Waals surface area contributed by atoms with Crippen molar-refractivity contribution in [2.24, 2.45) is 0 Å². The molecule has 0 bridgehead atoms. The van der Waals surface area contributed by atoms with Crippen molar-refractivity contribution in [3.63, 3.8) is 0 Å². The summed E-state index contributed by atoms with van der Waals surface area (Å²) in [6.45, 7) is 1.96. The third-order valence-electron chi connectivity index (χ3n) is 4.99. The van der Waals surface area contributed by atoms with Crippen LogP contribution >= 0.6 is 12.2 Å².